The zero-order valence-corrected chi connectivity index (χ0v) is 14.4. The van der Waals surface area contributed by atoms with Gasteiger partial charge in [-0.2, -0.15) is 0 Å². The molecule has 1 aromatic carbocycles. The highest BCUT2D eigenvalue weighted by atomic mass is 32.1. The van der Waals surface area contributed by atoms with E-state index in [4.69, 9.17) is 10.7 Å². The second kappa shape index (κ2) is 6.16. The molecule has 0 saturated carbocycles. The van der Waals surface area contributed by atoms with Gasteiger partial charge in [0.25, 0.3) is 0 Å². The van der Waals surface area contributed by atoms with Crippen molar-refractivity contribution in [2.24, 2.45) is 5.73 Å². The van der Waals surface area contributed by atoms with E-state index in [9.17, 15) is 0 Å². The molecule has 0 amide bonds. The number of hydrogen-bond donors (Lipinski definition) is 1. The van der Waals surface area contributed by atoms with E-state index in [0.717, 1.165) is 22.9 Å². The lowest BCUT2D eigenvalue weighted by Gasteiger charge is -2.18. The van der Waals surface area contributed by atoms with Crippen molar-refractivity contribution in [3.05, 3.63) is 40.4 Å². The number of thiazole rings is 1. The lowest BCUT2D eigenvalue weighted by atomic mass is 9.91. The van der Waals surface area contributed by atoms with Gasteiger partial charge in [0.1, 0.15) is 0 Å². The highest BCUT2D eigenvalue weighted by molar-refractivity contribution is 7.15. The summed E-state index contributed by atoms with van der Waals surface area (Å²) in [5, 5.41) is 1.00. The van der Waals surface area contributed by atoms with Crippen LogP contribution in [0.1, 0.15) is 43.8 Å². The van der Waals surface area contributed by atoms with Crippen molar-refractivity contribution >= 4 is 22.2 Å². The molecule has 0 bridgehead atoms. The third kappa shape index (κ3) is 3.44. The molecule has 114 valence electrons. The topological polar surface area (TPSA) is 42.2 Å². The number of aromatic nitrogens is 1. The molecule has 0 atom stereocenters. The highest BCUT2D eigenvalue weighted by Crippen LogP contribution is 2.35. The summed E-state index contributed by atoms with van der Waals surface area (Å²) in [4.78, 5) is 8.15. The van der Waals surface area contributed by atoms with Gasteiger partial charge in [0.2, 0.25) is 0 Å². The standard InChI is InChI=1S/C17H25N3S/c1-6-12-7-9-13(10-8-12)20(5)16-19-15(17(2,3)4)14(11-18)21-16/h7-10H,6,11,18H2,1-5H3. The molecule has 0 aliphatic carbocycles. The quantitative estimate of drug-likeness (QED) is 0.919. The molecule has 0 aliphatic rings. The Balaban J connectivity index is 2.34. The Labute approximate surface area is 131 Å². The number of rotatable bonds is 4. The van der Waals surface area contributed by atoms with Crippen LogP contribution in [-0.4, -0.2) is 12.0 Å². The van der Waals surface area contributed by atoms with Gasteiger partial charge in [-0.3, -0.25) is 0 Å². The monoisotopic (exact) mass is 303 g/mol. The van der Waals surface area contributed by atoms with Crippen LogP contribution in [-0.2, 0) is 18.4 Å². The number of hydrogen-bond acceptors (Lipinski definition) is 4. The number of nitrogens with zero attached hydrogens (tertiary/aromatic N) is 2. The third-order valence-electron chi connectivity index (χ3n) is 3.60. The number of benzene rings is 1. The minimum absolute atomic E-state index is 0.0242. The fraction of sp³-hybridized carbons (Fsp3) is 0.471. The molecular weight excluding hydrogens is 278 g/mol. The largest absolute Gasteiger partial charge is 0.326 e. The first-order valence-corrected chi connectivity index (χ1v) is 8.21. The average molecular weight is 303 g/mol. The zero-order chi connectivity index (χ0) is 15.6. The molecular formula is C17H25N3S. The van der Waals surface area contributed by atoms with Crippen molar-refractivity contribution in [2.45, 2.75) is 46.1 Å². The highest BCUT2D eigenvalue weighted by Gasteiger charge is 2.23. The van der Waals surface area contributed by atoms with Crippen LogP contribution < -0.4 is 10.6 Å². The van der Waals surface area contributed by atoms with Crippen molar-refractivity contribution < 1.29 is 0 Å². The minimum Gasteiger partial charge on any atom is -0.326 e. The maximum atomic E-state index is 5.89. The van der Waals surface area contributed by atoms with Crippen molar-refractivity contribution in [2.75, 3.05) is 11.9 Å². The Morgan fingerprint density at radius 3 is 2.24 bits per heavy atom. The summed E-state index contributed by atoms with van der Waals surface area (Å²) in [7, 11) is 2.06. The zero-order valence-electron chi connectivity index (χ0n) is 13.6. The van der Waals surface area contributed by atoms with E-state index < -0.39 is 0 Å². The van der Waals surface area contributed by atoms with E-state index in [2.05, 4.69) is 63.9 Å². The van der Waals surface area contributed by atoms with Crippen LogP contribution in [0.5, 0.6) is 0 Å². The van der Waals surface area contributed by atoms with Crippen LogP contribution in [0.4, 0.5) is 10.8 Å². The van der Waals surface area contributed by atoms with Gasteiger partial charge in [-0.25, -0.2) is 4.98 Å². The van der Waals surface area contributed by atoms with Gasteiger partial charge in [0, 0.05) is 29.6 Å². The molecule has 21 heavy (non-hydrogen) atoms. The van der Waals surface area contributed by atoms with Crippen molar-refractivity contribution in [3.8, 4) is 0 Å². The van der Waals surface area contributed by atoms with Crippen LogP contribution in [0.2, 0.25) is 0 Å². The summed E-state index contributed by atoms with van der Waals surface area (Å²) in [5.74, 6) is 0. The van der Waals surface area contributed by atoms with E-state index in [1.54, 1.807) is 11.3 Å². The normalized spacial score (nSPS) is 11.7. The summed E-state index contributed by atoms with van der Waals surface area (Å²) in [6, 6.07) is 8.65. The van der Waals surface area contributed by atoms with Gasteiger partial charge in [0.15, 0.2) is 5.13 Å². The first-order chi connectivity index (χ1) is 9.86. The Morgan fingerprint density at radius 2 is 1.81 bits per heavy atom. The lowest BCUT2D eigenvalue weighted by Crippen LogP contribution is -2.16. The van der Waals surface area contributed by atoms with Gasteiger partial charge in [-0.1, -0.05) is 51.2 Å². The Bertz CT molecular complexity index is 593. The maximum Gasteiger partial charge on any atom is 0.190 e. The summed E-state index contributed by atoms with van der Waals surface area (Å²) in [5.41, 5.74) is 9.54. The number of nitrogens with two attached hydrogens (primary N) is 1. The maximum absolute atomic E-state index is 5.89. The molecule has 1 heterocycles. The Kier molecular flexibility index (Phi) is 4.69. The van der Waals surface area contributed by atoms with E-state index in [1.807, 2.05) is 0 Å². The lowest BCUT2D eigenvalue weighted by molar-refractivity contribution is 0.566. The molecule has 1 aromatic heterocycles. The molecule has 0 saturated heterocycles. The smallest absolute Gasteiger partial charge is 0.190 e. The fourth-order valence-electron chi connectivity index (χ4n) is 2.27. The predicted octanol–water partition coefficient (Wildman–Crippen LogP) is 4.23. The van der Waals surface area contributed by atoms with E-state index in [1.165, 1.54) is 10.4 Å². The van der Waals surface area contributed by atoms with Crippen molar-refractivity contribution in [3.63, 3.8) is 0 Å². The Hall–Kier alpha value is -1.39. The first-order valence-electron chi connectivity index (χ1n) is 7.39. The molecule has 0 aliphatic heterocycles. The molecule has 2 aromatic rings. The molecule has 0 unspecified atom stereocenters. The number of anilines is 2. The molecule has 2 rings (SSSR count). The van der Waals surface area contributed by atoms with Crippen LogP contribution >= 0.6 is 11.3 Å². The fourth-order valence-corrected chi connectivity index (χ4v) is 3.40. The molecule has 3 nitrogen and oxygen atoms in total. The molecule has 0 fully saturated rings. The van der Waals surface area contributed by atoms with Gasteiger partial charge in [-0.15, -0.1) is 0 Å². The van der Waals surface area contributed by atoms with Gasteiger partial charge in [0.05, 0.1) is 5.69 Å². The van der Waals surface area contributed by atoms with Crippen LogP contribution in [0, 0.1) is 0 Å². The molecule has 0 radical (unpaired) electrons. The second-order valence-corrected chi connectivity index (χ2v) is 7.36. The third-order valence-corrected chi connectivity index (χ3v) is 4.75. The number of aryl methyl sites for hydroxylation is 1. The van der Waals surface area contributed by atoms with Crippen molar-refractivity contribution in [1.29, 1.82) is 0 Å². The van der Waals surface area contributed by atoms with Crippen LogP contribution in [0.3, 0.4) is 0 Å². The summed E-state index contributed by atoms with van der Waals surface area (Å²) < 4.78 is 0. The second-order valence-electron chi connectivity index (χ2n) is 6.30. The summed E-state index contributed by atoms with van der Waals surface area (Å²) in [6.45, 7) is 9.26. The van der Waals surface area contributed by atoms with E-state index >= 15 is 0 Å². The minimum atomic E-state index is 0.0242. The van der Waals surface area contributed by atoms with Crippen LogP contribution in [0.15, 0.2) is 24.3 Å². The summed E-state index contributed by atoms with van der Waals surface area (Å²) in [6.07, 6.45) is 1.06. The van der Waals surface area contributed by atoms with Gasteiger partial charge < -0.3 is 10.6 Å². The van der Waals surface area contributed by atoms with Crippen LogP contribution in [0.25, 0.3) is 0 Å². The van der Waals surface area contributed by atoms with E-state index in [-0.39, 0.29) is 5.41 Å². The Morgan fingerprint density at radius 1 is 1.19 bits per heavy atom. The first kappa shape index (κ1) is 16.0. The van der Waals surface area contributed by atoms with Crippen molar-refractivity contribution in [1.82, 2.24) is 4.98 Å². The molecule has 2 N–H and O–H groups in total. The SMILES string of the molecule is CCc1ccc(N(C)c2nc(C(C)(C)C)c(CN)s2)cc1. The predicted molar refractivity (Wildman–Crippen MR) is 92.6 cm³/mol. The average Bonchev–Trinajstić information content (AvgIpc) is 2.91. The van der Waals surface area contributed by atoms with Gasteiger partial charge in [-0.05, 0) is 24.1 Å². The van der Waals surface area contributed by atoms with E-state index in [0.29, 0.717) is 6.54 Å². The molecule has 4 heteroatoms. The molecule has 0 spiro atoms. The summed E-state index contributed by atoms with van der Waals surface area (Å²) >= 11 is 1.69. The van der Waals surface area contributed by atoms with Gasteiger partial charge >= 0.3 is 0 Å².